The molecule has 1 N–H and O–H groups in total. The Bertz CT molecular complexity index is 767. The van der Waals surface area contributed by atoms with Crippen molar-refractivity contribution in [3.05, 3.63) is 34.9 Å². The third-order valence-electron chi connectivity index (χ3n) is 4.40. The Kier molecular flexibility index (Phi) is 7.86. The minimum atomic E-state index is -0.707. The molecule has 9 heteroatoms. The summed E-state index contributed by atoms with van der Waals surface area (Å²) in [6, 6.07) is 5.25. The molecule has 1 aromatic carbocycles. The van der Waals surface area contributed by atoms with Gasteiger partial charge in [-0.2, -0.15) is 0 Å². The summed E-state index contributed by atoms with van der Waals surface area (Å²) in [5, 5.41) is 2.04. The molecule has 28 heavy (non-hydrogen) atoms. The van der Waals surface area contributed by atoms with Gasteiger partial charge in [0.2, 0.25) is 0 Å². The van der Waals surface area contributed by atoms with Crippen LogP contribution in [0, 0.1) is 13.8 Å². The molecule has 0 aromatic heterocycles. The van der Waals surface area contributed by atoms with E-state index in [2.05, 4.69) is 5.32 Å². The van der Waals surface area contributed by atoms with Crippen molar-refractivity contribution in [2.45, 2.75) is 19.1 Å². The third-order valence-corrected chi connectivity index (χ3v) is 5.56. The molecule has 1 fully saturated rings. The first kappa shape index (κ1) is 21.7. The van der Waals surface area contributed by atoms with Gasteiger partial charge in [-0.05, 0) is 37.1 Å². The topological polar surface area (TPSA) is 102 Å². The Morgan fingerprint density at radius 3 is 2.64 bits per heavy atom. The standard InChI is InChI=1S/C19H24N2O6S/c1-12-4-5-14(8-13(12)2)18(24)20-9-17(23)27-11-16(22)21-6-7-28-15(10-21)19(25)26-3/h4-5,8,15H,6-7,9-11H2,1-3H3,(H,20,24)/t15-/m1/s1. The number of carbonyl (C=O) groups is 4. The minimum absolute atomic E-state index is 0.219. The quantitative estimate of drug-likeness (QED) is 0.691. The number of benzene rings is 1. The summed E-state index contributed by atoms with van der Waals surface area (Å²) in [6.07, 6.45) is 0. The monoisotopic (exact) mass is 408 g/mol. The number of rotatable bonds is 6. The molecule has 8 nitrogen and oxygen atoms in total. The average Bonchev–Trinajstić information content (AvgIpc) is 2.71. The summed E-state index contributed by atoms with van der Waals surface area (Å²) in [5.41, 5.74) is 2.50. The molecule has 0 aliphatic carbocycles. The first-order valence-corrected chi connectivity index (χ1v) is 9.85. The molecular weight excluding hydrogens is 384 g/mol. The number of hydrogen-bond donors (Lipinski definition) is 1. The van der Waals surface area contributed by atoms with E-state index in [4.69, 9.17) is 9.47 Å². The smallest absolute Gasteiger partial charge is 0.325 e. The van der Waals surface area contributed by atoms with Crippen LogP contribution in [-0.2, 0) is 23.9 Å². The summed E-state index contributed by atoms with van der Waals surface area (Å²) in [7, 11) is 1.30. The second-order valence-electron chi connectivity index (χ2n) is 6.36. The molecule has 0 radical (unpaired) electrons. The number of amides is 2. The summed E-state index contributed by atoms with van der Waals surface area (Å²) < 4.78 is 9.64. The largest absolute Gasteiger partial charge is 0.468 e. The van der Waals surface area contributed by atoms with E-state index >= 15 is 0 Å². The fourth-order valence-electron chi connectivity index (χ4n) is 2.57. The number of hydrogen-bond acceptors (Lipinski definition) is 7. The summed E-state index contributed by atoms with van der Waals surface area (Å²) in [4.78, 5) is 49.2. The van der Waals surface area contributed by atoms with E-state index in [1.165, 1.54) is 23.8 Å². The highest BCUT2D eigenvalue weighted by Gasteiger charge is 2.30. The molecule has 0 bridgehead atoms. The Hall–Kier alpha value is -2.55. The molecule has 1 aromatic rings. The molecule has 2 rings (SSSR count). The first-order valence-electron chi connectivity index (χ1n) is 8.80. The number of methoxy groups -OCH3 is 1. The molecule has 152 valence electrons. The predicted octanol–water partition coefficient (Wildman–Crippen LogP) is 0.693. The number of carbonyl (C=O) groups excluding carboxylic acids is 4. The lowest BCUT2D eigenvalue weighted by atomic mass is 10.1. The van der Waals surface area contributed by atoms with E-state index in [0.717, 1.165) is 11.1 Å². The highest BCUT2D eigenvalue weighted by molar-refractivity contribution is 8.00. The maximum atomic E-state index is 12.2. The predicted molar refractivity (Wildman–Crippen MR) is 104 cm³/mol. The molecule has 1 aliphatic heterocycles. The Morgan fingerprint density at radius 1 is 1.21 bits per heavy atom. The van der Waals surface area contributed by atoms with Crippen molar-refractivity contribution in [2.75, 3.05) is 39.1 Å². The molecule has 1 aliphatic rings. The Labute approximate surface area is 167 Å². The van der Waals surface area contributed by atoms with Crippen LogP contribution in [0.2, 0.25) is 0 Å². The molecule has 1 heterocycles. The summed E-state index contributed by atoms with van der Waals surface area (Å²) >= 11 is 1.43. The Morgan fingerprint density at radius 2 is 1.96 bits per heavy atom. The molecular formula is C19H24N2O6S. The second-order valence-corrected chi connectivity index (χ2v) is 7.68. The highest BCUT2D eigenvalue weighted by Crippen LogP contribution is 2.19. The summed E-state index contributed by atoms with van der Waals surface area (Å²) in [6.45, 7) is 3.77. The zero-order chi connectivity index (χ0) is 20.7. The number of nitrogens with zero attached hydrogens (tertiary/aromatic N) is 1. The van der Waals surface area contributed by atoms with Crippen LogP contribution in [0.15, 0.2) is 18.2 Å². The van der Waals surface area contributed by atoms with E-state index in [0.29, 0.717) is 17.9 Å². The van der Waals surface area contributed by atoms with E-state index in [-0.39, 0.29) is 30.9 Å². The van der Waals surface area contributed by atoms with Crippen LogP contribution < -0.4 is 5.32 Å². The molecule has 0 spiro atoms. The van der Waals surface area contributed by atoms with E-state index in [1.807, 2.05) is 19.9 Å². The van der Waals surface area contributed by atoms with E-state index in [9.17, 15) is 19.2 Å². The van der Waals surface area contributed by atoms with Gasteiger partial charge in [0.05, 0.1) is 7.11 Å². The van der Waals surface area contributed by atoms with Crippen LogP contribution >= 0.6 is 11.8 Å². The van der Waals surface area contributed by atoms with Crippen LogP contribution in [0.25, 0.3) is 0 Å². The van der Waals surface area contributed by atoms with Gasteiger partial charge in [-0.15, -0.1) is 11.8 Å². The number of thioether (sulfide) groups is 1. The second kappa shape index (κ2) is 10.1. The molecule has 0 saturated carbocycles. The zero-order valence-corrected chi connectivity index (χ0v) is 17.0. The lowest BCUT2D eigenvalue weighted by molar-refractivity contribution is -0.151. The van der Waals surface area contributed by atoms with Gasteiger partial charge in [-0.3, -0.25) is 19.2 Å². The van der Waals surface area contributed by atoms with Gasteiger partial charge in [0, 0.05) is 24.4 Å². The fourth-order valence-corrected chi connectivity index (χ4v) is 3.70. The van der Waals surface area contributed by atoms with Gasteiger partial charge in [0.25, 0.3) is 11.8 Å². The molecule has 0 unspecified atom stereocenters. The van der Waals surface area contributed by atoms with Crippen LogP contribution in [0.1, 0.15) is 21.5 Å². The SMILES string of the molecule is COC(=O)[C@H]1CN(C(=O)COC(=O)CNC(=O)c2ccc(C)c(C)c2)CCS1. The van der Waals surface area contributed by atoms with E-state index in [1.54, 1.807) is 12.1 Å². The molecule has 1 atom stereocenters. The van der Waals surface area contributed by atoms with Crippen LogP contribution in [0.3, 0.4) is 0 Å². The van der Waals surface area contributed by atoms with Crippen molar-refractivity contribution in [1.82, 2.24) is 10.2 Å². The molecule has 2 amide bonds. The zero-order valence-electron chi connectivity index (χ0n) is 16.1. The summed E-state index contributed by atoms with van der Waals surface area (Å²) in [5.74, 6) is -1.26. The number of aryl methyl sites for hydroxylation is 2. The Balaban J connectivity index is 1.75. The van der Waals surface area contributed by atoms with Gasteiger partial charge in [0.1, 0.15) is 11.8 Å². The van der Waals surface area contributed by atoms with Crippen LogP contribution in [-0.4, -0.2) is 73.0 Å². The van der Waals surface area contributed by atoms with Crippen molar-refractivity contribution < 1.29 is 28.7 Å². The maximum Gasteiger partial charge on any atom is 0.325 e. The molecule has 1 saturated heterocycles. The minimum Gasteiger partial charge on any atom is -0.468 e. The van der Waals surface area contributed by atoms with Crippen molar-refractivity contribution in [3.8, 4) is 0 Å². The number of esters is 2. The maximum absolute atomic E-state index is 12.2. The lowest BCUT2D eigenvalue weighted by Crippen LogP contribution is -2.46. The third kappa shape index (κ3) is 5.98. The number of ether oxygens (including phenoxy) is 2. The van der Waals surface area contributed by atoms with Crippen molar-refractivity contribution >= 4 is 35.5 Å². The highest BCUT2D eigenvalue weighted by atomic mass is 32.2. The first-order chi connectivity index (χ1) is 13.3. The van der Waals surface area contributed by atoms with Gasteiger partial charge < -0.3 is 19.7 Å². The van der Waals surface area contributed by atoms with Crippen molar-refractivity contribution in [3.63, 3.8) is 0 Å². The van der Waals surface area contributed by atoms with Gasteiger partial charge in [-0.1, -0.05) is 6.07 Å². The normalized spacial score (nSPS) is 16.2. The van der Waals surface area contributed by atoms with Crippen molar-refractivity contribution in [2.24, 2.45) is 0 Å². The van der Waals surface area contributed by atoms with Crippen molar-refractivity contribution in [1.29, 1.82) is 0 Å². The van der Waals surface area contributed by atoms with Gasteiger partial charge in [0.15, 0.2) is 6.61 Å². The van der Waals surface area contributed by atoms with Gasteiger partial charge >= 0.3 is 11.9 Å². The van der Waals surface area contributed by atoms with Crippen LogP contribution in [0.5, 0.6) is 0 Å². The van der Waals surface area contributed by atoms with Gasteiger partial charge in [-0.25, -0.2) is 0 Å². The lowest BCUT2D eigenvalue weighted by Gasteiger charge is -2.30. The number of nitrogens with one attached hydrogen (secondary N) is 1. The fraction of sp³-hybridized carbons (Fsp3) is 0.474. The van der Waals surface area contributed by atoms with Crippen LogP contribution in [0.4, 0.5) is 0 Å². The van der Waals surface area contributed by atoms with E-state index < -0.39 is 17.8 Å². The average molecular weight is 408 g/mol.